The number of hydrogen-bond donors (Lipinski definition) is 0. The maximum absolute atomic E-state index is 14.1. The number of thiophene rings is 1. The molecule has 0 radical (unpaired) electrons. The molecule has 0 spiro atoms. The predicted molar refractivity (Wildman–Crippen MR) is 133 cm³/mol. The minimum atomic E-state index is -0.160. The molecule has 3 aromatic rings. The first-order valence-electron chi connectivity index (χ1n) is 11.5. The van der Waals surface area contributed by atoms with Gasteiger partial charge in [0.05, 0.1) is 11.8 Å². The average molecular weight is 455 g/mol. The van der Waals surface area contributed by atoms with Crippen LogP contribution in [0.5, 0.6) is 5.75 Å². The van der Waals surface area contributed by atoms with Gasteiger partial charge in [0.15, 0.2) is 5.13 Å². The molecule has 1 aliphatic rings. The molecule has 1 fully saturated rings. The van der Waals surface area contributed by atoms with Crippen molar-refractivity contribution < 1.29 is 9.13 Å². The summed E-state index contributed by atoms with van der Waals surface area (Å²) in [6.07, 6.45) is 0. The van der Waals surface area contributed by atoms with Crippen molar-refractivity contribution in [3.63, 3.8) is 0 Å². The first-order valence-corrected chi connectivity index (χ1v) is 12.3. The normalized spacial score (nSPS) is 18.6. The van der Waals surface area contributed by atoms with Crippen LogP contribution in [0.1, 0.15) is 63.3 Å². The van der Waals surface area contributed by atoms with Gasteiger partial charge in [-0.05, 0) is 55.5 Å². The van der Waals surface area contributed by atoms with Crippen molar-refractivity contribution in [3.05, 3.63) is 64.3 Å². The first kappa shape index (κ1) is 23.2. The van der Waals surface area contributed by atoms with E-state index < -0.39 is 0 Å². The summed E-state index contributed by atoms with van der Waals surface area (Å²) >= 11 is 1.17. The Balaban J connectivity index is 1.67. The number of ether oxygens (including phenoxy) is 1. The van der Waals surface area contributed by atoms with Crippen molar-refractivity contribution in [2.75, 3.05) is 26.7 Å². The van der Waals surface area contributed by atoms with E-state index in [2.05, 4.69) is 74.8 Å². The van der Waals surface area contributed by atoms with Gasteiger partial charge >= 0.3 is 0 Å². The van der Waals surface area contributed by atoms with Gasteiger partial charge in [0.25, 0.3) is 0 Å². The highest BCUT2D eigenvalue weighted by Crippen LogP contribution is 2.38. The molecule has 1 aromatic heterocycles. The average Bonchev–Trinajstić information content (AvgIpc) is 3.15. The molecule has 4 rings (SSSR count). The second kappa shape index (κ2) is 9.12. The number of fused-ring (bicyclic) bond motifs is 1. The number of piperazine rings is 1. The number of benzene rings is 2. The van der Waals surface area contributed by atoms with Crippen LogP contribution >= 0.6 is 11.3 Å². The van der Waals surface area contributed by atoms with E-state index in [9.17, 15) is 4.39 Å². The SMILES string of the molecule is COc1ccc(CN2CCN(C(C)(C)C)C(c3ccccc3C(C)C)C2)c2cc(F)sc12. The largest absolute Gasteiger partial charge is 0.495 e. The van der Waals surface area contributed by atoms with Crippen LogP contribution in [0.15, 0.2) is 42.5 Å². The zero-order valence-corrected chi connectivity index (χ0v) is 20.9. The predicted octanol–water partition coefficient (Wildman–Crippen LogP) is 6.83. The van der Waals surface area contributed by atoms with Gasteiger partial charge in [-0.15, -0.1) is 11.3 Å². The highest BCUT2D eigenvalue weighted by atomic mass is 32.1. The van der Waals surface area contributed by atoms with E-state index in [1.165, 1.54) is 28.0 Å². The Kier molecular flexibility index (Phi) is 6.62. The molecule has 0 aliphatic carbocycles. The minimum absolute atomic E-state index is 0.0880. The zero-order valence-electron chi connectivity index (χ0n) is 20.1. The van der Waals surface area contributed by atoms with Crippen LogP contribution in [-0.2, 0) is 6.54 Å². The number of halogens is 1. The van der Waals surface area contributed by atoms with Crippen molar-refractivity contribution in [2.45, 2.75) is 58.7 Å². The molecule has 1 aliphatic heterocycles. The van der Waals surface area contributed by atoms with Crippen LogP contribution < -0.4 is 4.74 Å². The molecule has 2 aromatic carbocycles. The Morgan fingerprint density at radius 2 is 1.88 bits per heavy atom. The zero-order chi connectivity index (χ0) is 23.0. The van der Waals surface area contributed by atoms with Crippen LogP contribution in [-0.4, -0.2) is 42.1 Å². The van der Waals surface area contributed by atoms with Gasteiger partial charge in [-0.1, -0.05) is 44.2 Å². The van der Waals surface area contributed by atoms with Crippen molar-refractivity contribution in [1.82, 2.24) is 9.80 Å². The number of methoxy groups -OCH3 is 1. The van der Waals surface area contributed by atoms with Crippen molar-refractivity contribution in [1.29, 1.82) is 0 Å². The summed E-state index contributed by atoms with van der Waals surface area (Å²) in [5.74, 6) is 1.23. The molecule has 172 valence electrons. The second-order valence-corrected chi connectivity index (χ2v) is 11.1. The fourth-order valence-corrected chi connectivity index (χ4v) is 5.98. The van der Waals surface area contributed by atoms with E-state index in [0.717, 1.165) is 42.0 Å². The Bertz CT molecular complexity index is 1080. The Morgan fingerprint density at radius 1 is 1.12 bits per heavy atom. The van der Waals surface area contributed by atoms with E-state index in [-0.39, 0.29) is 10.7 Å². The van der Waals surface area contributed by atoms with E-state index in [1.54, 1.807) is 13.2 Å². The molecule has 0 bridgehead atoms. The molecule has 32 heavy (non-hydrogen) atoms. The van der Waals surface area contributed by atoms with Gasteiger partial charge in [0.1, 0.15) is 5.75 Å². The molecule has 5 heteroatoms. The lowest BCUT2D eigenvalue weighted by Gasteiger charge is -2.49. The van der Waals surface area contributed by atoms with E-state index >= 15 is 0 Å². The molecule has 2 heterocycles. The van der Waals surface area contributed by atoms with Crippen LogP contribution in [0.4, 0.5) is 4.39 Å². The molecule has 0 saturated carbocycles. The number of rotatable bonds is 5. The smallest absolute Gasteiger partial charge is 0.177 e. The highest BCUT2D eigenvalue weighted by Gasteiger charge is 2.36. The van der Waals surface area contributed by atoms with E-state index in [0.29, 0.717) is 12.0 Å². The highest BCUT2D eigenvalue weighted by molar-refractivity contribution is 7.18. The fraction of sp³-hybridized carbons (Fsp3) is 0.481. The quantitative estimate of drug-likeness (QED) is 0.420. The van der Waals surface area contributed by atoms with Crippen LogP contribution in [0.3, 0.4) is 0 Å². The molecule has 0 N–H and O–H groups in total. The van der Waals surface area contributed by atoms with Gasteiger partial charge in [-0.2, -0.15) is 4.39 Å². The topological polar surface area (TPSA) is 15.7 Å². The minimum Gasteiger partial charge on any atom is -0.495 e. The molecule has 0 amide bonds. The Labute approximate surface area is 195 Å². The molecule has 1 atom stereocenters. The lowest BCUT2D eigenvalue weighted by Crippen LogP contribution is -2.55. The van der Waals surface area contributed by atoms with Gasteiger partial charge in [0, 0.05) is 43.1 Å². The standard InChI is InChI=1S/C27H35FN2OS/c1-18(2)20-9-7-8-10-21(20)23-17-29(13-14-30(23)27(3,4)5)16-19-11-12-24(31-6)26-22(19)15-25(28)32-26/h7-12,15,18,23H,13-14,16-17H2,1-6H3. The molecule has 1 saturated heterocycles. The molecular weight excluding hydrogens is 419 g/mol. The third kappa shape index (κ3) is 4.57. The summed E-state index contributed by atoms with van der Waals surface area (Å²) in [5.41, 5.74) is 4.12. The molecule has 1 unspecified atom stereocenters. The lowest BCUT2D eigenvalue weighted by atomic mass is 9.88. The van der Waals surface area contributed by atoms with Gasteiger partial charge < -0.3 is 4.74 Å². The lowest BCUT2D eigenvalue weighted by molar-refractivity contribution is 0.00567. The summed E-state index contributed by atoms with van der Waals surface area (Å²) in [5, 5.41) is 0.816. The fourth-order valence-electron chi connectivity index (χ4n) is 5.06. The van der Waals surface area contributed by atoms with E-state index in [4.69, 9.17) is 4.74 Å². The van der Waals surface area contributed by atoms with Gasteiger partial charge in [-0.25, -0.2) is 0 Å². The van der Waals surface area contributed by atoms with Crippen molar-refractivity contribution in [2.24, 2.45) is 0 Å². The summed E-state index contributed by atoms with van der Waals surface area (Å²) < 4.78 is 20.5. The third-order valence-electron chi connectivity index (χ3n) is 6.62. The maximum Gasteiger partial charge on any atom is 0.177 e. The van der Waals surface area contributed by atoms with Crippen molar-refractivity contribution >= 4 is 21.4 Å². The Hall–Kier alpha value is -1.95. The summed E-state index contributed by atoms with van der Waals surface area (Å²) in [4.78, 5) is 5.18. The van der Waals surface area contributed by atoms with Crippen molar-refractivity contribution in [3.8, 4) is 5.75 Å². The number of nitrogens with zero attached hydrogens (tertiary/aromatic N) is 2. The number of hydrogen-bond acceptors (Lipinski definition) is 4. The Morgan fingerprint density at radius 3 is 2.56 bits per heavy atom. The summed E-state index contributed by atoms with van der Waals surface area (Å²) in [7, 11) is 1.65. The summed E-state index contributed by atoms with van der Waals surface area (Å²) in [6.45, 7) is 15.3. The van der Waals surface area contributed by atoms with Crippen LogP contribution in [0.2, 0.25) is 0 Å². The maximum atomic E-state index is 14.1. The van der Waals surface area contributed by atoms with E-state index in [1.807, 2.05) is 6.07 Å². The van der Waals surface area contributed by atoms with Crippen LogP contribution in [0.25, 0.3) is 10.1 Å². The molecular formula is C27H35FN2OS. The third-order valence-corrected chi connectivity index (χ3v) is 7.56. The van der Waals surface area contributed by atoms with Crippen LogP contribution in [0, 0.1) is 5.13 Å². The first-order chi connectivity index (χ1) is 15.2. The molecule has 3 nitrogen and oxygen atoms in total. The summed E-state index contributed by atoms with van der Waals surface area (Å²) in [6, 6.07) is 15.0. The second-order valence-electron chi connectivity index (χ2n) is 10.1. The van der Waals surface area contributed by atoms with Gasteiger partial charge in [0.2, 0.25) is 0 Å². The monoisotopic (exact) mass is 454 g/mol. The van der Waals surface area contributed by atoms with Gasteiger partial charge in [-0.3, -0.25) is 9.80 Å².